The summed E-state index contributed by atoms with van der Waals surface area (Å²) in [6.45, 7) is -0.206. The Morgan fingerprint density at radius 1 is 0.944 bits per heavy atom. The van der Waals surface area contributed by atoms with E-state index in [1.807, 2.05) is 36.4 Å². The lowest BCUT2D eigenvalue weighted by molar-refractivity contribution is -0.135. The fourth-order valence-electron chi connectivity index (χ4n) is 3.89. The molecule has 2 amide bonds. The van der Waals surface area contributed by atoms with Crippen molar-refractivity contribution in [2.24, 2.45) is 4.99 Å². The van der Waals surface area contributed by atoms with E-state index in [2.05, 4.69) is 10.3 Å². The molecule has 1 heterocycles. The lowest BCUT2D eigenvalue weighted by Crippen LogP contribution is -2.48. The molecule has 1 atom stereocenters. The van der Waals surface area contributed by atoms with Gasteiger partial charge >= 0.3 is 12.3 Å². The first-order valence-corrected chi connectivity index (χ1v) is 11.4. The van der Waals surface area contributed by atoms with Crippen molar-refractivity contribution < 1.29 is 27.5 Å². The summed E-state index contributed by atoms with van der Waals surface area (Å²) in [6, 6.07) is 25.0. The van der Waals surface area contributed by atoms with Crippen molar-refractivity contribution in [3.05, 3.63) is 102 Å². The molecule has 3 aromatic carbocycles. The van der Waals surface area contributed by atoms with Gasteiger partial charge in [-0.25, -0.2) is 9.79 Å². The second-order valence-corrected chi connectivity index (χ2v) is 8.18. The predicted molar refractivity (Wildman–Crippen MR) is 130 cm³/mol. The monoisotopic (exact) mass is 495 g/mol. The van der Waals surface area contributed by atoms with Gasteiger partial charge in [-0.1, -0.05) is 78.9 Å². The summed E-state index contributed by atoms with van der Waals surface area (Å²) in [5.74, 6) is -0.646. The molecule has 0 bridgehead atoms. The molecule has 0 radical (unpaired) electrons. The SMILES string of the molecule is O=C(NC1N=C(c2ccccc2)c2ccccc2N(CCCC(F)(F)F)C1=O)OCc1ccccc1. The number of anilines is 1. The zero-order chi connectivity index (χ0) is 25.5. The predicted octanol–water partition coefficient (Wildman–Crippen LogP) is 5.47. The van der Waals surface area contributed by atoms with Crippen molar-refractivity contribution >= 4 is 23.4 Å². The number of alkyl carbamates (subject to hydrolysis) is 1. The molecule has 0 spiro atoms. The van der Waals surface area contributed by atoms with Crippen LogP contribution >= 0.6 is 0 Å². The number of nitrogens with one attached hydrogen (secondary N) is 1. The van der Waals surface area contributed by atoms with Crippen molar-refractivity contribution in [3.8, 4) is 0 Å². The van der Waals surface area contributed by atoms with Gasteiger partial charge in [0, 0.05) is 24.1 Å². The lowest BCUT2D eigenvalue weighted by Gasteiger charge is -2.25. The van der Waals surface area contributed by atoms with Crippen LogP contribution in [0.4, 0.5) is 23.7 Å². The van der Waals surface area contributed by atoms with E-state index >= 15 is 0 Å². The highest BCUT2D eigenvalue weighted by molar-refractivity contribution is 6.20. The summed E-state index contributed by atoms with van der Waals surface area (Å²) in [6.07, 6.45) is -7.94. The first kappa shape index (κ1) is 25.0. The number of rotatable bonds is 7. The van der Waals surface area contributed by atoms with Gasteiger partial charge < -0.3 is 9.64 Å². The Labute approximate surface area is 206 Å². The quantitative estimate of drug-likeness (QED) is 0.473. The molecule has 6 nitrogen and oxygen atoms in total. The molecule has 0 aromatic heterocycles. The van der Waals surface area contributed by atoms with Crippen molar-refractivity contribution in [3.63, 3.8) is 0 Å². The van der Waals surface area contributed by atoms with E-state index in [-0.39, 0.29) is 19.6 Å². The third-order valence-electron chi connectivity index (χ3n) is 5.56. The van der Waals surface area contributed by atoms with E-state index in [0.717, 1.165) is 5.56 Å². The molecule has 0 saturated carbocycles. The zero-order valence-corrected chi connectivity index (χ0v) is 19.2. The number of aliphatic imine (C=N–C) groups is 1. The second-order valence-electron chi connectivity index (χ2n) is 8.18. The van der Waals surface area contributed by atoms with Crippen LogP contribution in [-0.2, 0) is 16.1 Å². The van der Waals surface area contributed by atoms with Gasteiger partial charge in [-0.2, -0.15) is 13.2 Å². The Bertz CT molecular complexity index is 1230. The molecule has 1 N–H and O–H groups in total. The number of alkyl halides is 3. The number of ether oxygens (including phenoxy) is 1. The van der Waals surface area contributed by atoms with Crippen molar-refractivity contribution in [1.29, 1.82) is 0 Å². The average Bonchev–Trinajstić information content (AvgIpc) is 2.98. The average molecular weight is 496 g/mol. The molecular weight excluding hydrogens is 471 g/mol. The standard InChI is InChI=1S/C27H24F3N3O3/c28-27(29,30)16-9-17-33-22-15-8-7-14-21(22)23(20-12-5-2-6-13-20)31-24(25(33)34)32-26(35)36-18-19-10-3-1-4-11-19/h1-8,10-15,24H,9,16-18H2,(H,32,35). The number of halogens is 3. The van der Waals surface area contributed by atoms with Crippen molar-refractivity contribution in [2.45, 2.75) is 31.8 Å². The molecule has 0 fully saturated rings. The summed E-state index contributed by atoms with van der Waals surface area (Å²) in [5, 5.41) is 2.49. The third-order valence-corrected chi connectivity index (χ3v) is 5.56. The van der Waals surface area contributed by atoms with E-state index in [0.29, 0.717) is 22.5 Å². The Balaban J connectivity index is 1.64. The van der Waals surface area contributed by atoms with Gasteiger partial charge in [0.2, 0.25) is 6.17 Å². The molecule has 186 valence electrons. The van der Waals surface area contributed by atoms with Crippen LogP contribution in [0.25, 0.3) is 0 Å². The minimum atomic E-state index is -4.35. The molecule has 9 heteroatoms. The van der Waals surface area contributed by atoms with Gasteiger partial charge in [-0.15, -0.1) is 0 Å². The van der Waals surface area contributed by atoms with Gasteiger partial charge in [0.15, 0.2) is 0 Å². The van der Waals surface area contributed by atoms with Gasteiger partial charge in [-0.05, 0) is 18.1 Å². The van der Waals surface area contributed by atoms with E-state index in [1.165, 1.54) is 4.90 Å². The Kier molecular flexibility index (Phi) is 7.68. The second kappa shape index (κ2) is 11.1. The molecular formula is C27H24F3N3O3. The molecule has 1 unspecified atom stereocenters. The first-order chi connectivity index (χ1) is 17.3. The van der Waals surface area contributed by atoms with Crippen molar-refractivity contribution in [2.75, 3.05) is 11.4 Å². The number of amides is 2. The van der Waals surface area contributed by atoms with Crippen LogP contribution in [0, 0.1) is 0 Å². The molecule has 36 heavy (non-hydrogen) atoms. The highest BCUT2D eigenvalue weighted by Crippen LogP contribution is 2.29. The largest absolute Gasteiger partial charge is 0.445 e. The summed E-state index contributed by atoms with van der Waals surface area (Å²) in [5.41, 5.74) is 2.89. The normalized spacial score (nSPS) is 15.5. The number of benzene rings is 3. The number of fused-ring (bicyclic) bond motifs is 1. The number of carbonyl (C=O) groups excluding carboxylic acids is 2. The smallest absolute Gasteiger partial charge is 0.409 e. The summed E-state index contributed by atoms with van der Waals surface area (Å²) in [4.78, 5) is 31.9. The van der Waals surface area contributed by atoms with E-state index in [9.17, 15) is 22.8 Å². The molecule has 3 aromatic rings. The molecule has 0 saturated heterocycles. The zero-order valence-electron chi connectivity index (χ0n) is 19.2. The number of carbonyl (C=O) groups is 2. The minimum absolute atomic E-state index is 0.0155. The van der Waals surface area contributed by atoms with Gasteiger partial charge in [0.05, 0.1) is 11.4 Å². The van der Waals surface area contributed by atoms with Crippen LogP contribution < -0.4 is 10.2 Å². The summed E-state index contributed by atoms with van der Waals surface area (Å²) < 4.78 is 43.8. The number of hydrogen-bond acceptors (Lipinski definition) is 4. The van der Waals surface area contributed by atoms with Gasteiger partial charge in [0.1, 0.15) is 6.61 Å². The lowest BCUT2D eigenvalue weighted by atomic mass is 10.00. The van der Waals surface area contributed by atoms with Crippen LogP contribution in [0.3, 0.4) is 0 Å². The Morgan fingerprint density at radius 2 is 1.58 bits per heavy atom. The number of para-hydroxylation sites is 1. The fourth-order valence-corrected chi connectivity index (χ4v) is 3.89. The maximum atomic E-state index is 13.5. The van der Waals surface area contributed by atoms with Gasteiger partial charge in [-0.3, -0.25) is 10.1 Å². The molecule has 0 aliphatic carbocycles. The third kappa shape index (κ3) is 6.29. The van der Waals surface area contributed by atoms with Crippen LogP contribution in [-0.4, -0.2) is 36.6 Å². The van der Waals surface area contributed by atoms with Crippen LogP contribution in [0.5, 0.6) is 0 Å². The maximum Gasteiger partial charge on any atom is 0.409 e. The highest BCUT2D eigenvalue weighted by Gasteiger charge is 2.34. The Morgan fingerprint density at radius 3 is 2.28 bits per heavy atom. The molecule has 1 aliphatic rings. The Hall–Kier alpha value is -4.14. The fraction of sp³-hybridized carbons (Fsp3) is 0.222. The number of hydrogen-bond donors (Lipinski definition) is 1. The topological polar surface area (TPSA) is 71.0 Å². The van der Waals surface area contributed by atoms with E-state index < -0.39 is 30.8 Å². The summed E-state index contributed by atoms with van der Waals surface area (Å²) in [7, 11) is 0. The van der Waals surface area contributed by atoms with Gasteiger partial charge in [0.25, 0.3) is 5.91 Å². The van der Waals surface area contributed by atoms with E-state index in [1.54, 1.807) is 48.5 Å². The highest BCUT2D eigenvalue weighted by atomic mass is 19.4. The maximum absolute atomic E-state index is 13.5. The first-order valence-electron chi connectivity index (χ1n) is 11.4. The van der Waals surface area contributed by atoms with E-state index in [4.69, 9.17) is 4.74 Å². The molecule has 4 rings (SSSR count). The summed E-state index contributed by atoms with van der Waals surface area (Å²) >= 11 is 0. The number of nitrogens with zero attached hydrogens (tertiary/aromatic N) is 2. The van der Waals surface area contributed by atoms with Crippen LogP contribution in [0.15, 0.2) is 89.9 Å². The number of benzodiazepines with no additional fused rings is 1. The van der Waals surface area contributed by atoms with Crippen LogP contribution in [0.1, 0.15) is 29.5 Å². The minimum Gasteiger partial charge on any atom is -0.445 e. The molecule has 1 aliphatic heterocycles. The van der Waals surface area contributed by atoms with Crippen LogP contribution in [0.2, 0.25) is 0 Å². The van der Waals surface area contributed by atoms with Crippen molar-refractivity contribution in [1.82, 2.24) is 5.32 Å².